The van der Waals surface area contributed by atoms with E-state index in [0.717, 1.165) is 11.4 Å². The lowest BCUT2D eigenvalue weighted by Gasteiger charge is -2.29. The third-order valence-corrected chi connectivity index (χ3v) is 7.33. The van der Waals surface area contributed by atoms with E-state index in [4.69, 9.17) is 20.8 Å². The summed E-state index contributed by atoms with van der Waals surface area (Å²) in [6, 6.07) is 13.1. The van der Waals surface area contributed by atoms with Crippen LogP contribution in [0.25, 0.3) is 0 Å². The third kappa shape index (κ3) is 4.32. The minimum absolute atomic E-state index is 0.0162. The number of halogens is 1. The summed E-state index contributed by atoms with van der Waals surface area (Å²) in [6.45, 7) is -0.514. The minimum atomic E-state index is -4.22. The van der Waals surface area contributed by atoms with Gasteiger partial charge in [-0.15, -0.1) is 0 Å². The molecule has 0 fully saturated rings. The van der Waals surface area contributed by atoms with Crippen molar-refractivity contribution < 1.29 is 32.3 Å². The summed E-state index contributed by atoms with van der Waals surface area (Å²) in [4.78, 5) is 27.2. The lowest BCUT2D eigenvalue weighted by molar-refractivity contribution is -0.144. The first-order chi connectivity index (χ1) is 15.7. The van der Waals surface area contributed by atoms with E-state index in [0.29, 0.717) is 11.3 Å². The fourth-order valence-corrected chi connectivity index (χ4v) is 5.33. The number of ether oxygens (including phenoxy) is 1. The Kier molecular flexibility index (Phi) is 6.15. The van der Waals surface area contributed by atoms with E-state index in [1.54, 1.807) is 24.3 Å². The van der Waals surface area contributed by atoms with E-state index in [1.807, 2.05) is 0 Å². The van der Waals surface area contributed by atoms with Crippen molar-refractivity contribution in [2.24, 2.45) is 0 Å². The van der Waals surface area contributed by atoms with Crippen molar-refractivity contribution >= 4 is 39.2 Å². The third-order valence-electron chi connectivity index (χ3n) is 5.26. The van der Waals surface area contributed by atoms with Gasteiger partial charge in [0.2, 0.25) is 10.0 Å². The molecule has 0 spiro atoms. The fraction of sp³-hybridized carbons (Fsp3) is 0.182. The number of carbonyl (C=O) groups excluding carboxylic acids is 2. The summed E-state index contributed by atoms with van der Waals surface area (Å²) in [6.07, 6.45) is 0. The highest BCUT2D eigenvalue weighted by atomic mass is 35.5. The van der Waals surface area contributed by atoms with Gasteiger partial charge in [0.05, 0.1) is 18.6 Å². The summed E-state index contributed by atoms with van der Waals surface area (Å²) in [5, 5.41) is 9.56. The van der Waals surface area contributed by atoms with E-state index >= 15 is 0 Å². The van der Waals surface area contributed by atoms with Gasteiger partial charge in [0, 0.05) is 12.2 Å². The van der Waals surface area contributed by atoms with Gasteiger partial charge in [0.15, 0.2) is 11.0 Å². The Morgan fingerprint density at radius 3 is 2.42 bits per heavy atom. The first-order valence-electron chi connectivity index (χ1n) is 9.76. The van der Waals surface area contributed by atoms with Crippen molar-refractivity contribution in [2.45, 2.75) is 17.5 Å². The van der Waals surface area contributed by atoms with Crippen molar-refractivity contribution in [3.05, 3.63) is 77.2 Å². The lowest BCUT2D eigenvalue weighted by atomic mass is 10.1. The molecule has 1 atom stereocenters. The molecule has 33 heavy (non-hydrogen) atoms. The zero-order valence-electron chi connectivity index (χ0n) is 17.3. The number of hydrogen-bond acceptors (Lipinski definition) is 7. The molecule has 1 aromatic heterocycles. The van der Waals surface area contributed by atoms with Gasteiger partial charge in [-0.2, -0.15) is 4.31 Å². The van der Waals surface area contributed by atoms with Crippen molar-refractivity contribution in [3.8, 4) is 5.75 Å². The topological polar surface area (TPSA) is 117 Å². The molecule has 2 heterocycles. The smallest absolute Gasteiger partial charge is 0.326 e. The van der Waals surface area contributed by atoms with E-state index < -0.39 is 27.9 Å². The predicted octanol–water partition coefficient (Wildman–Crippen LogP) is 3.03. The summed E-state index contributed by atoms with van der Waals surface area (Å²) in [5.74, 6) is -1.59. The highest BCUT2D eigenvalue weighted by Crippen LogP contribution is 2.33. The summed E-state index contributed by atoms with van der Waals surface area (Å²) in [5.41, 5.74) is 0.921. The number of carbonyl (C=O) groups is 2. The number of nitrogens with zero attached hydrogens (tertiary/aromatic N) is 2. The van der Waals surface area contributed by atoms with Gasteiger partial charge in [0.1, 0.15) is 11.8 Å². The standard InChI is InChI=1S/C22H19ClN2O7S/c1-31-22(28)18-13-24(21(27)19-10-11-20(23)32-19)17-5-3-2-4-14(17)12-25(18)33(29,30)16-8-6-15(26)7-9-16/h2-11,18,26H,12-13H2,1H3. The number of rotatable bonds is 4. The van der Waals surface area contributed by atoms with Crippen LogP contribution in [-0.4, -0.2) is 49.4 Å². The monoisotopic (exact) mass is 490 g/mol. The van der Waals surface area contributed by atoms with Crippen LogP contribution in [0.4, 0.5) is 5.69 Å². The first-order valence-corrected chi connectivity index (χ1v) is 11.6. The first kappa shape index (κ1) is 22.8. The average Bonchev–Trinajstić information content (AvgIpc) is 3.16. The fourth-order valence-electron chi connectivity index (χ4n) is 3.64. The highest BCUT2D eigenvalue weighted by Gasteiger charge is 2.42. The summed E-state index contributed by atoms with van der Waals surface area (Å²) >= 11 is 5.82. The summed E-state index contributed by atoms with van der Waals surface area (Å²) < 4.78 is 38.2. The number of para-hydroxylation sites is 1. The maximum absolute atomic E-state index is 13.5. The van der Waals surface area contributed by atoms with Gasteiger partial charge in [-0.1, -0.05) is 18.2 Å². The molecule has 0 bridgehead atoms. The number of fused-ring (bicyclic) bond motifs is 1. The van der Waals surface area contributed by atoms with Crippen molar-refractivity contribution in [2.75, 3.05) is 18.6 Å². The maximum atomic E-state index is 13.5. The molecule has 1 unspecified atom stereocenters. The summed E-state index contributed by atoms with van der Waals surface area (Å²) in [7, 11) is -3.08. The Morgan fingerprint density at radius 1 is 1.09 bits per heavy atom. The normalized spacial score (nSPS) is 16.7. The number of esters is 1. The number of sulfonamides is 1. The molecule has 4 rings (SSSR count). The van der Waals surface area contributed by atoms with Crippen LogP contribution in [0.1, 0.15) is 16.1 Å². The van der Waals surface area contributed by atoms with Crippen molar-refractivity contribution in [1.82, 2.24) is 4.31 Å². The Bertz CT molecular complexity index is 1300. The van der Waals surface area contributed by atoms with Crippen LogP contribution >= 0.6 is 11.6 Å². The van der Waals surface area contributed by atoms with Gasteiger partial charge in [0.25, 0.3) is 5.91 Å². The van der Waals surface area contributed by atoms with Crippen LogP contribution in [0.2, 0.25) is 5.22 Å². The second-order valence-corrected chi connectivity index (χ2v) is 9.49. The Balaban J connectivity index is 1.84. The van der Waals surface area contributed by atoms with Crippen molar-refractivity contribution in [1.29, 1.82) is 0 Å². The maximum Gasteiger partial charge on any atom is 0.326 e. The number of phenolic OH excluding ortho intramolecular Hbond substituents is 1. The number of amides is 1. The zero-order valence-corrected chi connectivity index (χ0v) is 18.9. The highest BCUT2D eigenvalue weighted by molar-refractivity contribution is 7.89. The number of phenols is 1. The van der Waals surface area contributed by atoms with Gasteiger partial charge >= 0.3 is 5.97 Å². The molecule has 9 nitrogen and oxygen atoms in total. The van der Waals surface area contributed by atoms with Crippen molar-refractivity contribution in [3.63, 3.8) is 0 Å². The number of anilines is 1. The molecular formula is C22H19ClN2O7S. The van der Waals surface area contributed by atoms with Crippen LogP contribution in [0, 0.1) is 0 Å². The van der Waals surface area contributed by atoms with E-state index in [1.165, 1.54) is 41.3 Å². The van der Waals surface area contributed by atoms with Gasteiger partial charge in [-0.3, -0.25) is 9.59 Å². The molecule has 1 aliphatic rings. The van der Waals surface area contributed by atoms with E-state index in [9.17, 15) is 23.1 Å². The Labute approximate surface area is 194 Å². The van der Waals surface area contributed by atoms with E-state index in [2.05, 4.69) is 0 Å². The average molecular weight is 491 g/mol. The van der Waals surface area contributed by atoms with Crippen LogP contribution < -0.4 is 4.90 Å². The Hall–Kier alpha value is -3.34. The van der Waals surface area contributed by atoms with Gasteiger partial charge < -0.3 is 19.2 Å². The van der Waals surface area contributed by atoms with Crippen LogP contribution in [0.15, 0.2) is 70.0 Å². The largest absolute Gasteiger partial charge is 0.508 e. The van der Waals surface area contributed by atoms with Gasteiger partial charge in [-0.25, -0.2) is 8.42 Å². The SMILES string of the molecule is COC(=O)C1CN(C(=O)c2ccc(Cl)o2)c2ccccc2CN1S(=O)(=O)c1ccc(O)cc1. The molecule has 2 aromatic carbocycles. The number of methoxy groups -OCH3 is 1. The number of benzene rings is 2. The number of hydrogen-bond donors (Lipinski definition) is 1. The Morgan fingerprint density at radius 2 is 1.79 bits per heavy atom. The molecule has 0 saturated heterocycles. The van der Waals surface area contributed by atoms with E-state index in [-0.39, 0.29) is 34.7 Å². The van der Waals surface area contributed by atoms with Gasteiger partial charge in [-0.05, 0) is 59.6 Å². The lowest BCUT2D eigenvalue weighted by Crippen LogP contribution is -2.50. The molecule has 0 aliphatic carbocycles. The molecule has 172 valence electrons. The number of furan rings is 1. The molecular weight excluding hydrogens is 472 g/mol. The van der Waals surface area contributed by atoms with Crippen LogP contribution in [0.5, 0.6) is 5.75 Å². The molecule has 1 N–H and O–H groups in total. The number of aromatic hydroxyl groups is 1. The molecule has 11 heteroatoms. The van der Waals surface area contributed by atoms with Crippen LogP contribution in [0.3, 0.4) is 0 Å². The predicted molar refractivity (Wildman–Crippen MR) is 118 cm³/mol. The molecule has 0 radical (unpaired) electrons. The minimum Gasteiger partial charge on any atom is -0.508 e. The second kappa shape index (κ2) is 8.89. The second-order valence-electron chi connectivity index (χ2n) is 7.23. The zero-order chi connectivity index (χ0) is 23.8. The molecule has 1 amide bonds. The molecule has 3 aromatic rings. The van der Waals surface area contributed by atoms with Crippen LogP contribution in [-0.2, 0) is 26.1 Å². The molecule has 1 aliphatic heterocycles. The quantitative estimate of drug-likeness (QED) is 0.558. The molecule has 0 saturated carbocycles.